The van der Waals surface area contributed by atoms with Gasteiger partial charge in [0.25, 0.3) is 0 Å². The zero-order chi connectivity index (χ0) is 28.7. The van der Waals surface area contributed by atoms with Gasteiger partial charge in [0.2, 0.25) is 10.0 Å². The molecular weight excluding hydrogens is 547 g/mol. The quantitative estimate of drug-likeness (QED) is 0.291. The zero-order valence-electron chi connectivity index (χ0n) is 21.1. The first kappa shape index (κ1) is 27.7. The first-order valence-electron chi connectivity index (χ1n) is 12.2. The Bertz CT molecular complexity index is 1730. The van der Waals surface area contributed by atoms with E-state index < -0.39 is 40.5 Å². The van der Waals surface area contributed by atoms with Crippen LogP contribution in [-0.4, -0.2) is 57.0 Å². The molecule has 9 nitrogen and oxygen atoms in total. The van der Waals surface area contributed by atoms with Crippen LogP contribution in [0.15, 0.2) is 59.9 Å². The number of alkyl halides is 3. The van der Waals surface area contributed by atoms with Gasteiger partial charge in [0, 0.05) is 35.1 Å². The van der Waals surface area contributed by atoms with Gasteiger partial charge < -0.3 is 10.2 Å². The van der Waals surface area contributed by atoms with Crippen molar-refractivity contribution in [2.75, 3.05) is 13.2 Å². The molecule has 208 valence electrons. The second-order valence-electron chi connectivity index (χ2n) is 9.85. The second kappa shape index (κ2) is 10.3. The topological polar surface area (TPSA) is 130 Å². The minimum atomic E-state index is -4.44. The van der Waals surface area contributed by atoms with Crippen molar-refractivity contribution < 1.29 is 31.8 Å². The predicted octanol–water partition coefficient (Wildman–Crippen LogP) is 3.11. The van der Waals surface area contributed by atoms with Gasteiger partial charge in [0.1, 0.15) is 4.90 Å². The highest BCUT2D eigenvalue weighted by atomic mass is 32.2. The third-order valence-electron chi connectivity index (χ3n) is 6.45. The smallest absolute Gasteiger partial charge is 0.394 e. The molecule has 1 aromatic carbocycles. The van der Waals surface area contributed by atoms with Crippen molar-refractivity contribution in [2.24, 2.45) is 0 Å². The molecule has 0 spiro atoms. The number of hydrogen-bond acceptors (Lipinski definition) is 7. The minimum absolute atomic E-state index is 0.203. The molecule has 13 heteroatoms. The van der Waals surface area contributed by atoms with E-state index in [1.807, 2.05) is 6.07 Å². The van der Waals surface area contributed by atoms with Crippen molar-refractivity contribution in [3.63, 3.8) is 0 Å². The number of aliphatic hydroxyl groups is 2. The fourth-order valence-electron chi connectivity index (χ4n) is 3.99. The molecule has 0 atom stereocenters. The van der Waals surface area contributed by atoms with Crippen molar-refractivity contribution in [3.8, 4) is 23.1 Å². The Morgan fingerprint density at radius 2 is 1.75 bits per heavy atom. The van der Waals surface area contributed by atoms with Gasteiger partial charge >= 0.3 is 6.18 Å². The van der Waals surface area contributed by atoms with Crippen molar-refractivity contribution in [3.05, 3.63) is 77.4 Å². The molecule has 0 bridgehead atoms. The van der Waals surface area contributed by atoms with Crippen LogP contribution in [0.25, 0.3) is 16.9 Å². The number of benzene rings is 1. The fourth-order valence-corrected chi connectivity index (χ4v) is 5.37. The van der Waals surface area contributed by atoms with E-state index in [1.54, 1.807) is 4.52 Å². The van der Waals surface area contributed by atoms with E-state index >= 15 is 0 Å². The normalized spacial score (nSPS) is 14.2. The van der Waals surface area contributed by atoms with Crippen LogP contribution in [-0.2, 0) is 16.2 Å². The van der Waals surface area contributed by atoms with Crippen LogP contribution in [0, 0.1) is 11.8 Å². The summed E-state index contributed by atoms with van der Waals surface area (Å²) in [6.45, 7) is 0.123. The van der Waals surface area contributed by atoms with Crippen molar-refractivity contribution in [1.82, 2.24) is 24.3 Å². The number of sulfonamides is 1. The first-order chi connectivity index (χ1) is 18.9. The molecule has 0 amide bonds. The number of aromatic nitrogens is 4. The Hall–Kier alpha value is -3.83. The molecule has 0 aliphatic heterocycles. The summed E-state index contributed by atoms with van der Waals surface area (Å²) < 4.78 is 68.6. The monoisotopic (exact) mass is 571 g/mol. The lowest BCUT2D eigenvalue weighted by Crippen LogP contribution is -2.51. The van der Waals surface area contributed by atoms with Gasteiger partial charge in [-0.1, -0.05) is 24.0 Å². The maximum Gasteiger partial charge on any atom is 0.416 e. The molecule has 0 radical (unpaired) electrons. The Morgan fingerprint density at radius 1 is 1.05 bits per heavy atom. The Balaban J connectivity index is 1.51. The lowest BCUT2D eigenvalue weighted by molar-refractivity contribution is -0.137. The van der Waals surface area contributed by atoms with Crippen LogP contribution in [0.4, 0.5) is 13.2 Å². The summed E-state index contributed by atoms with van der Waals surface area (Å²) in [6, 6.07) is 7.92. The number of rotatable bonds is 7. The highest BCUT2D eigenvalue weighted by molar-refractivity contribution is 7.89. The third-order valence-corrected chi connectivity index (χ3v) is 8.05. The molecular formula is C27H24F3N5O4S. The first-order valence-corrected chi connectivity index (χ1v) is 13.7. The lowest BCUT2D eigenvalue weighted by Gasteiger charge is -2.25. The van der Waals surface area contributed by atoms with Crippen LogP contribution in [0.1, 0.15) is 48.1 Å². The molecule has 3 heterocycles. The molecule has 1 aliphatic rings. The van der Waals surface area contributed by atoms with Crippen molar-refractivity contribution >= 4 is 15.7 Å². The van der Waals surface area contributed by atoms with Crippen LogP contribution in [0.5, 0.6) is 0 Å². The van der Waals surface area contributed by atoms with Gasteiger partial charge in [0.15, 0.2) is 5.65 Å². The molecule has 3 aromatic heterocycles. The zero-order valence-corrected chi connectivity index (χ0v) is 22.0. The molecule has 1 fully saturated rings. The number of fused-ring (bicyclic) bond motifs is 1. The summed E-state index contributed by atoms with van der Waals surface area (Å²) in [5.41, 5.74) is 0.812. The third kappa shape index (κ3) is 5.71. The molecule has 40 heavy (non-hydrogen) atoms. The number of nitrogens with one attached hydrogen (secondary N) is 1. The van der Waals surface area contributed by atoms with E-state index in [1.165, 1.54) is 37.5 Å². The van der Waals surface area contributed by atoms with Crippen LogP contribution >= 0.6 is 0 Å². The van der Waals surface area contributed by atoms with E-state index in [0.717, 1.165) is 36.9 Å². The summed E-state index contributed by atoms with van der Waals surface area (Å²) in [7, 11) is -4.13. The largest absolute Gasteiger partial charge is 0.416 e. The van der Waals surface area contributed by atoms with Gasteiger partial charge in [-0.15, -0.1) is 0 Å². The highest BCUT2D eigenvalue weighted by Gasteiger charge is 2.31. The van der Waals surface area contributed by atoms with Crippen LogP contribution < -0.4 is 4.72 Å². The summed E-state index contributed by atoms with van der Waals surface area (Å²) in [6.07, 6.45) is 1.50. The van der Waals surface area contributed by atoms with Gasteiger partial charge in [-0.2, -0.15) is 18.3 Å². The molecule has 1 saturated carbocycles. The number of hydrogen-bond donors (Lipinski definition) is 3. The van der Waals surface area contributed by atoms with Crippen molar-refractivity contribution in [1.29, 1.82) is 0 Å². The van der Waals surface area contributed by atoms with Gasteiger partial charge in [0.05, 0.1) is 41.8 Å². The maximum atomic E-state index is 13.0. The summed E-state index contributed by atoms with van der Waals surface area (Å²) in [5, 5.41) is 23.3. The molecule has 4 aromatic rings. The number of pyridine rings is 1. The maximum absolute atomic E-state index is 13.0. The standard InChI is InChI=1S/C27H24F3N5O4S/c1-26(15-36,16-37)34-40(38,39)22-10-17(12-31-14-22)2-3-20-13-32-35-24(19-4-5-19)11-23(33-25(20)35)18-6-8-21(9-7-18)27(28,29)30/h6-14,19,34,36-37H,4-5,15-16H2,1H3. The number of aliphatic hydroxyl groups excluding tert-OH is 2. The van der Waals surface area contributed by atoms with E-state index in [0.29, 0.717) is 22.5 Å². The lowest BCUT2D eigenvalue weighted by atomic mass is 10.1. The van der Waals surface area contributed by atoms with Crippen LogP contribution in [0.3, 0.4) is 0 Å². The average Bonchev–Trinajstić information content (AvgIpc) is 3.70. The van der Waals surface area contributed by atoms with E-state index in [9.17, 15) is 31.8 Å². The second-order valence-corrected chi connectivity index (χ2v) is 11.5. The summed E-state index contributed by atoms with van der Waals surface area (Å²) in [5.74, 6) is 6.07. The van der Waals surface area contributed by atoms with Gasteiger partial charge in [-0.3, -0.25) is 4.98 Å². The van der Waals surface area contributed by atoms with E-state index in [4.69, 9.17) is 0 Å². The molecule has 1 aliphatic carbocycles. The Labute approximate surface area is 227 Å². The minimum Gasteiger partial charge on any atom is -0.394 e. The molecule has 3 N–H and O–H groups in total. The van der Waals surface area contributed by atoms with Gasteiger partial charge in [-0.05, 0) is 44.0 Å². The Kier molecular flexibility index (Phi) is 7.13. The summed E-state index contributed by atoms with van der Waals surface area (Å²) in [4.78, 5) is 8.40. The predicted molar refractivity (Wildman–Crippen MR) is 139 cm³/mol. The van der Waals surface area contributed by atoms with Crippen LogP contribution in [0.2, 0.25) is 0 Å². The highest BCUT2D eigenvalue weighted by Crippen LogP contribution is 2.41. The fraction of sp³-hybridized carbons (Fsp3) is 0.296. The average molecular weight is 572 g/mol. The molecule has 5 rings (SSSR count). The molecule has 0 saturated heterocycles. The molecule has 0 unspecified atom stereocenters. The number of halogens is 3. The van der Waals surface area contributed by atoms with Gasteiger partial charge in [-0.25, -0.2) is 22.6 Å². The SMILES string of the molecule is CC(CO)(CO)NS(=O)(=O)c1cncc(C#Cc2cnn3c(C4CC4)cc(-c4ccc(C(F)(F)F)cc4)nc23)c1. The number of nitrogens with zero attached hydrogens (tertiary/aromatic N) is 4. The Morgan fingerprint density at radius 3 is 2.38 bits per heavy atom. The van der Waals surface area contributed by atoms with Crippen molar-refractivity contribution in [2.45, 2.75) is 42.3 Å². The van der Waals surface area contributed by atoms with E-state index in [2.05, 4.69) is 31.6 Å². The summed E-state index contributed by atoms with van der Waals surface area (Å²) >= 11 is 0. The van der Waals surface area contributed by atoms with E-state index in [-0.39, 0.29) is 16.4 Å².